The minimum absolute atomic E-state index is 0. The monoisotopic (exact) mass is 164 g/mol. The summed E-state index contributed by atoms with van der Waals surface area (Å²) < 4.78 is 0. The van der Waals surface area contributed by atoms with E-state index < -0.39 is 0 Å². The predicted octanol–water partition coefficient (Wildman–Crippen LogP) is 1.45. The molecule has 3 N–H and O–H groups in total. The van der Waals surface area contributed by atoms with Gasteiger partial charge in [-0.2, -0.15) is 0 Å². The van der Waals surface area contributed by atoms with Gasteiger partial charge in [-0.05, 0) is 18.8 Å². The minimum atomic E-state index is 0. The summed E-state index contributed by atoms with van der Waals surface area (Å²) in [4.78, 5) is 0. The molecule has 1 aliphatic rings. The molecule has 2 atom stereocenters. The van der Waals surface area contributed by atoms with Crippen LogP contribution in [-0.2, 0) is 0 Å². The summed E-state index contributed by atoms with van der Waals surface area (Å²) in [6, 6.07) is 0.582. The van der Waals surface area contributed by atoms with Gasteiger partial charge in [-0.25, -0.2) is 0 Å². The molecule has 2 nitrogen and oxygen atoms in total. The van der Waals surface area contributed by atoms with Gasteiger partial charge in [0.2, 0.25) is 0 Å². The van der Waals surface area contributed by atoms with Crippen molar-refractivity contribution in [2.75, 3.05) is 0 Å². The van der Waals surface area contributed by atoms with Gasteiger partial charge in [0.05, 0.1) is 0 Å². The molecule has 1 fully saturated rings. The summed E-state index contributed by atoms with van der Waals surface area (Å²) in [5.74, 6) is 6.12. The first-order chi connectivity index (χ1) is 4.34. The van der Waals surface area contributed by atoms with Gasteiger partial charge in [0.25, 0.3) is 0 Å². The first-order valence-electron chi connectivity index (χ1n) is 3.80. The number of hydrogen-bond acceptors (Lipinski definition) is 2. The van der Waals surface area contributed by atoms with Crippen molar-refractivity contribution >= 4 is 12.4 Å². The van der Waals surface area contributed by atoms with Gasteiger partial charge in [-0.3, -0.25) is 11.3 Å². The van der Waals surface area contributed by atoms with E-state index in [1.807, 2.05) is 0 Å². The van der Waals surface area contributed by atoms with E-state index in [1.165, 1.54) is 25.7 Å². The van der Waals surface area contributed by atoms with E-state index in [4.69, 9.17) is 5.84 Å². The third-order valence-corrected chi connectivity index (χ3v) is 2.33. The zero-order chi connectivity index (χ0) is 6.69. The van der Waals surface area contributed by atoms with Gasteiger partial charge in [0, 0.05) is 6.04 Å². The number of rotatable bonds is 1. The quantitative estimate of drug-likeness (QED) is 0.455. The lowest BCUT2D eigenvalue weighted by Gasteiger charge is -2.27. The smallest absolute Gasteiger partial charge is 0.0236 e. The molecule has 0 heterocycles. The van der Waals surface area contributed by atoms with Crippen LogP contribution < -0.4 is 11.3 Å². The summed E-state index contributed by atoms with van der Waals surface area (Å²) in [7, 11) is 0. The van der Waals surface area contributed by atoms with Crippen LogP contribution in [0.4, 0.5) is 0 Å². The Balaban J connectivity index is 0.000000810. The van der Waals surface area contributed by atoms with Crippen LogP contribution in [0.2, 0.25) is 0 Å². The molecule has 3 heteroatoms. The zero-order valence-corrected chi connectivity index (χ0v) is 7.29. The van der Waals surface area contributed by atoms with Crippen LogP contribution in [0.1, 0.15) is 32.6 Å². The molecule has 1 rings (SSSR count). The number of nitrogens with one attached hydrogen (secondary N) is 1. The van der Waals surface area contributed by atoms with Crippen LogP contribution in [0.25, 0.3) is 0 Å². The second-order valence-electron chi connectivity index (χ2n) is 3.03. The van der Waals surface area contributed by atoms with Crippen molar-refractivity contribution in [2.45, 2.75) is 38.6 Å². The van der Waals surface area contributed by atoms with Gasteiger partial charge >= 0.3 is 0 Å². The fourth-order valence-corrected chi connectivity index (χ4v) is 1.56. The van der Waals surface area contributed by atoms with E-state index in [0.717, 1.165) is 5.92 Å². The molecule has 0 bridgehead atoms. The standard InChI is InChI=1S/C7H16N2.ClH/c1-6-4-2-3-5-7(6)9-8;/h6-7,9H,2-5,8H2,1H3;1H. The van der Waals surface area contributed by atoms with Crippen LogP contribution >= 0.6 is 12.4 Å². The van der Waals surface area contributed by atoms with E-state index >= 15 is 0 Å². The van der Waals surface area contributed by atoms with Crippen LogP contribution in [0.5, 0.6) is 0 Å². The van der Waals surface area contributed by atoms with Crippen molar-refractivity contribution in [3.63, 3.8) is 0 Å². The molecule has 0 aliphatic heterocycles. The molecular formula is C7H17ClN2. The molecule has 0 aromatic rings. The molecule has 2 unspecified atom stereocenters. The topological polar surface area (TPSA) is 38.0 Å². The fraction of sp³-hybridized carbons (Fsp3) is 1.00. The van der Waals surface area contributed by atoms with Gasteiger partial charge in [-0.1, -0.05) is 19.8 Å². The van der Waals surface area contributed by atoms with Crippen molar-refractivity contribution in [3.05, 3.63) is 0 Å². The van der Waals surface area contributed by atoms with Crippen molar-refractivity contribution in [2.24, 2.45) is 11.8 Å². The van der Waals surface area contributed by atoms with Crippen LogP contribution in [-0.4, -0.2) is 6.04 Å². The molecule has 0 spiro atoms. The summed E-state index contributed by atoms with van der Waals surface area (Å²) in [5.41, 5.74) is 2.85. The SMILES string of the molecule is CC1CCCCC1NN.Cl. The summed E-state index contributed by atoms with van der Waals surface area (Å²) in [5, 5.41) is 0. The lowest BCUT2D eigenvalue weighted by atomic mass is 9.86. The minimum Gasteiger partial charge on any atom is -0.271 e. The third-order valence-electron chi connectivity index (χ3n) is 2.33. The summed E-state index contributed by atoms with van der Waals surface area (Å²) in [6.07, 6.45) is 5.34. The predicted molar refractivity (Wildman–Crippen MR) is 46.0 cm³/mol. The lowest BCUT2D eigenvalue weighted by molar-refractivity contribution is 0.284. The Morgan fingerprint density at radius 3 is 2.30 bits per heavy atom. The number of halogens is 1. The fourth-order valence-electron chi connectivity index (χ4n) is 1.56. The van der Waals surface area contributed by atoms with Crippen LogP contribution in [0.3, 0.4) is 0 Å². The maximum Gasteiger partial charge on any atom is 0.0236 e. The summed E-state index contributed by atoms with van der Waals surface area (Å²) >= 11 is 0. The Labute approximate surface area is 68.9 Å². The molecule has 62 valence electrons. The molecule has 0 saturated heterocycles. The van der Waals surface area contributed by atoms with E-state index in [1.54, 1.807) is 0 Å². The molecule has 0 aromatic carbocycles. The van der Waals surface area contributed by atoms with E-state index in [-0.39, 0.29) is 12.4 Å². The Kier molecular flexibility index (Phi) is 5.04. The van der Waals surface area contributed by atoms with Crippen molar-refractivity contribution in [1.29, 1.82) is 0 Å². The third kappa shape index (κ3) is 2.45. The zero-order valence-electron chi connectivity index (χ0n) is 6.47. The number of nitrogens with two attached hydrogens (primary N) is 1. The summed E-state index contributed by atoms with van der Waals surface area (Å²) in [6.45, 7) is 2.27. The van der Waals surface area contributed by atoms with Crippen molar-refractivity contribution < 1.29 is 0 Å². The van der Waals surface area contributed by atoms with Gasteiger partial charge in [-0.15, -0.1) is 12.4 Å². The highest BCUT2D eigenvalue weighted by Crippen LogP contribution is 2.22. The Hall–Kier alpha value is 0.210. The first-order valence-corrected chi connectivity index (χ1v) is 3.80. The Morgan fingerprint density at radius 2 is 1.90 bits per heavy atom. The highest BCUT2D eigenvalue weighted by molar-refractivity contribution is 5.85. The van der Waals surface area contributed by atoms with Gasteiger partial charge < -0.3 is 0 Å². The maximum atomic E-state index is 5.34. The van der Waals surface area contributed by atoms with Crippen LogP contribution in [0.15, 0.2) is 0 Å². The second-order valence-corrected chi connectivity index (χ2v) is 3.03. The molecule has 1 aliphatic carbocycles. The maximum absolute atomic E-state index is 5.34. The average molecular weight is 165 g/mol. The molecule has 0 aromatic heterocycles. The largest absolute Gasteiger partial charge is 0.271 e. The highest BCUT2D eigenvalue weighted by Gasteiger charge is 2.18. The van der Waals surface area contributed by atoms with Crippen LogP contribution in [0, 0.1) is 5.92 Å². The van der Waals surface area contributed by atoms with E-state index in [0.29, 0.717) is 6.04 Å². The molecule has 0 radical (unpaired) electrons. The average Bonchev–Trinajstić information content (AvgIpc) is 1.89. The van der Waals surface area contributed by atoms with Gasteiger partial charge in [0.1, 0.15) is 0 Å². The lowest BCUT2D eigenvalue weighted by Crippen LogP contribution is -2.41. The van der Waals surface area contributed by atoms with Crippen molar-refractivity contribution in [1.82, 2.24) is 5.43 Å². The number of hydrazine groups is 1. The normalized spacial score (nSPS) is 33.0. The first kappa shape index (κ1) is 10.2. The van der Waals surface area contributed by atoms with Gasteiger partial charge in [0.15, 0.2) is 0 Å². The Bertz CT molecular complexity index is 87.7. The molecule has 0 amide bonds. The molecule has 10 heavy (non-hydrogen) atoms. The Morgan fingerprint density at radius 1 is 1.30 bits per heavy atom. The van der Waals surface area contributed by atoms with Crippen molar-refractivity contribution in [3.8, 4) is 0 Å². The second kappa shape index (κ2) is 4.94. The highest BCUT2D eigenvalue weighted by atomic mass is 35.5. The van der Waals surface area contributed by atoms with E-state index in [9.17, 15) is 0 Å². The van der Waals surface area contributed by atoms with E-state index in [2.05, 4.69) is 12.3 Å². The number of hydrogen-bond donors (Lipinski definition) is 2. The molecule has 1 saturated carbocycles. The molecular weight excluding hydrogens is 148 g/mol.